The van der Waals surface area contributed by atoms with Gasteiger partial charge in [0.1, 0.15) is 5.03 Å². The summed E-state index contributed by atoms with van der Waals surface area (Å²) in [4.78, 5) is 6.89. The average molecular weight is 271 g/mol. The van der Waals surface area contributed by atoms with Crippen molar-refractivity contribution < 1.29 is 13.2 Å². The second kappa shape index (κ2) is 5.72. The van der Waals surface area contributed by atoms with Gasteiger partial charge < -0.3 is 0 Å². The minimum Gasteiger partial charge on any atom is -0.213 e. The van der Waals surface area contributed by atoms with Crippen LogP contribution < -0.4 is 0 Å². The van der Waals surface area contributed by atoms with Crippen LogP contribution in [0.3, 0.4) is 0 Å². The van der Waals surface area contributed by atoms with Gasteiger partial charge in [0, 0.05) is 6.07 Å². The summed E-state index contributed by atoms with van der Waals surface area (Å²) >= 11 is 6.69. The molecule has 0 aliphatic carbocycles. The molecule has 0 atom stereocenters. The fourth-order valence-electron chi connectivity index (χ4n) is 0.937. The molecule has 1 aromatic heterocycles. The lowest BCUT2D eigenvalue weighted by atomic mass is 10.4. The molecule has 0 unspecified atom stereocenters. The van der Waals surface area contributed by atoms with Crippen molar-refractivity contribution in [3.63, 3.8) is 0 Å². The predicted molar refractivity (Wildman–Crippen MR) is 57.7 cm³/mol. The molecule has 0 aliphatic rings. The van der Waals surface area contributed by atoms with E-state index < -0.39 is 11.9 Å². The van der Waals surface area contributed by atoms with Crippen molar-refractivity contribution in [2.75, 3.05) is 5.75 Å². The van der Waals surface area contributed by atoms with Crippen LogP contribution in [0.25, 0.3) is 0 Å². The van der Waals surface area contributed by atoms with E-state index in [1.54, 1.807) is 0 Å². The Bertz CT molecular complexity index is 357. The Morgan fingerprint density at radius 1 is 1.38 bits per heavy atom. The van der Waals surface area contributed by atoms with Crippen molar-refractivity contribution in [2.45, 2.75) is 31.0 Å². The molecule has 0 amide bonds. The lowest BCUT2D eigenvalue weighted by Gasteiger charge is -2.07. The maximum absolute atomic E-state index is 12.4. The number of aromatic nitrogens is 2. The zero-order valence-electron chi connectivity index (χ0n) is 8.51. The van der Waals surface area contributed by atoms with E-state index in [1.165, 1.54) is 11.8 Å². The van der Waals surface area contributed by atoms with Crippen LogP contribution in [0.1, 0.15) is 25.5 Å². The summed E-state index contributed by atoms with van der Waals surface area (Å²) in [5.41, 5.74) is -0.994. The first-order chi connectivity index (χ1) is 7.43. The quantitative estimate of drug-likeness (QED) is 0.357. The predicted octanol–water partition coefficient (Wildman–Crippen LogP) is 4.04. The summed E-state index contributed by atoms with van der Waals surface area (Å²) < 4.78 is 37.1. The Labute approximate surface area is 101 Å². The molecule has 1 aromatic rings. The number of unbranched alkanes of at least 4 members (excludes halogenated alkanes) is 1. The zero-order chi connectivity index (χ0) is 12.2. The molecular formula is C9H10ClF3N2S. The molecule has 0 aliphatic heterocycles. The maximum atomic E-state index is 12.4. The van der Waals surface area contributed by atoms with Crippen LogP contribution in [-0.4, -0.2) is 15.7 Å². The van der Waals surface area contributed by atoms with Gasteiger partial charge in [-0.15, -0.1) is 11.8 Å². The van der Waals surface area contributed by atoms with E-state index in [0.717, 1.165) is 24.7 Å². The molecule has 0 N–H and O–H groups in total. The highest BCUT2D eigenvalue weighted by molar-refractivity contribution is 7.99. The minimum absolute atomic E-state index is 0.265. The zero-order valence-corrected chi connectivity index (χ0v) is 10.1. The molecule has 0 spiro atoms. The van der Waals surface area contributed by atoms with Gasteiger partial charge in [-0.2, -0.15) is 13.2 Å². The van der Waals surface area contributed by atoms with E-state index in [9.17, 15) is 13.2 Å². The van der Waals surface area contributed by atoms with E-state index in [0.29, 0.717) is 0 Å². The third kappa shape index (κ3) is 4.17. The van der Waals surface area contributed by atoms with Crippen LogP contribution in [0.4, 0.5) is 13.2 Å². The maximum Gasteiger partial charge on any atom is 0.433 e. The molecule has 0 aromatic carbocycles. The lowest BCUT2D eigenvalue weighted by molar-refractivity contribution is -0.141. The van der Waals surface area contributed by atoms with Crippen molar-refractivity contribution in [2.24, 2.45) is 0 Å². The van der Waals surface area contributed by atoms with E-state index in [2.05, 4.69) is 9.97 Å². The van der Waals surface area contributed by atoms with Gasteiger partial charge in [-0.05, 0) is 23.8 Å². The van der Waals surface area contributed by atoms with Crippen molar-refractivity contribution in [1.29, 1.82) is 0 Å². The number of halogens is 4. The number of rotatable bonds is 4. The number of hydrogen-bond donors (Lipinski definition) is 0. The number of nitrogens with zero attached hydrogens (tertiary/aromatic N) is 2. The normalized spacial score (nSPS) is 11.8. The van der Waals surface area contributed by atoms with E-state index in [1.807, 2.05) is 6.92 Å². The summed E-state index contributed by atoms with van der Waals surface area (Å²) in [5, 5.41) is -0.102. The first-order valence-corrected chi connectivity index (χ1v) is 6.04. The Morgan fingerprint density at radius 3 is 2.62 bits per heavy atom. The van der Waals surface area contributed by atoms with Crippen LogP contribution in [0, 0.1) is 0 Å². The number of alkyl halides is 3. The van der Waals surface area contributed by atoms with Gasteiger partial charge in [0.15, 0.2) is 5.69 Å². The number of thioether (sulfide) groups is 1. The Balaban J connectivity index is 2.82. The fourth-order valence-corrected chi connectivity index (χ4v) is 2.16. The van der Waals surface area contributed by atoms with Crippen LogP contribution in [0.2, 0.25) is 5.28 Å². The topological polar surface area (TPSA) is 25.8 Å². The SMILES string of the molecule is CCCCSc1cc(C(F)(F)F)nc(Cl)n1. The molecule has 1 rings (SSSR count). The highest BCUT2D eigenvalue weighted by Crippen LogP contribution is 2.30. The molecule has 0 saturated carbocycles. The average Bonchev–Trinajstić information content (AvgIpc) is 2.16. The van der Waals surface area contributed by atoms with Gasteiger partial charge in [0.25, 0.3) is 0 Å². The molecule has 2 nitrogen and oxygen atoms in total. The Hall–Kier alpha value is -0.490. The standard InChI is InChI=1S/C9H10ClF3N2S/c1-2-3-4-16-7-5-6(9(11,12)13)14-8(10)15-7/h5H,2-4H2,1H3. The summed E-state index contributed by atoms with van der Waals surface area (Å²) in [6.45, 7) is 2.01. The molecule has 90 valence electrons. The molecular weight excluding hydrogens is 261 g/mol. The van der Waals surface area contributed by atoms with Crippen molar-refractivity contribution in [3.05, 3.63) is 17.0 Å². The summed E-state index contributed by atoms with van der Waals surface area (Å²) in [7, 11) is 0. The molecule has 1 heterocycles. The van der Waals surface area contributed by atoms with E-state index in [-0.39, 0.29) is 10.3 Å². The van der Waals surface area contributed by atoms with Crippen molar-refractivity contribution >= 4 is 23.4 Å². The van der Waals surface area contributed by atoms with Crippen LogP contribution in [0.5, 0.6) is 0 Å². The van der Waals surface area contributed by atoms with E-state index in [4.69, 9.17) is 11.6 Å². The van der Waals surface area contributed by atoms with Gasteiger partial charge in [-0.1, -0.05) is 13.3 Å². The molecule has 0 bridgehead atoms. The van der Waals surface area contributed by atoms with Crippen LogP contribution in [-0.2, 0) is 6.18 Å². The third-order valence-electron chi connectivity index (χ3n) is 1.71. The fraction of sp³-hybridized carbons (Fsp3) is 0.556. The Kier molecular flexibility index (Phi) is 4.86. The molecule has 0 fully saturated rings. The summed E-state index contributed by atoms with van der Waals surface area (Å²) in [6.07, 6.45) is -2.57. The first kappa shape index (κ1) is 13.6. The second-order valence-corrected chi connectivity index (χ2v) is 4.51. The van der Waals surface area contributed by atoms with Crippen molar-refractivity contribution in [1.82, 2.24) is 9.97 Å². The largest absolute Gasteiger partial charge is 0.433 e. The molecule has 16 heavy (non-hydrogen) atoms. The minimum atomic E-state index is -4.48. The van der Waals surface area contributed by atoms with Gasteiger partial charge in [-0.3, -0.25) is 0 Å². The smallest absolute Gasteiger partial charge is 0.213 e. The monoisotopic (exact) mass is 270 g/mol. The molecule has 0 radical (unpaired) electrons. The van der Waals surface area contributed by atoms with Gasteiger partial charge in [-0.25, -0.2) is 9.97 Å². The summed E-state index contributed by atoms with van der Waals surface area (Å²) in [5.74, 6) is 0.723. The third-order valence-corrected chi connectivity index (χ3v) is 2.88. The van der Waals surface area contributed by atoms with E-state index >= 15 is 0 Å². The van der Waals surface area contributed by atoms with Crippen LogP contribution >= 0.6 is 23.4 Å². The highest BCUT2D eigenvalue weighted by atomic mass is 35.5. The van der Waals surface area contributed by atoms with Crippen LogP contribution in [0.15, 0.2) is 11.1 Å². The van der Waals surface area contributed by atoms with Gasteiger partial charge in [0.05, 0.1) is 0 Å². The second-order valence-electron chi connectivity index (χ2n) is 3.06. The molecule has 7 heteroatoms. The molecule has 0 saturated heterocycles. The highest BCUT2D eigenvalue weighted by Gasteiger charge is 2.33. The lowest BCUT2D eigenvalue weighted by Crippen LogP contribution is -2.09. The Morgan fingerprint density at radius 2 is 2.06 bits per heavy atom. The first-order valence-electron chi connectivity index (χ1n) is 4.68. The summed E-state index contributed by atoms with van der Waals surface area (Å²) in [6, 6.07) is 0.923. The van der Waals surface area contributed by atoms with Gasteiger partial charge in [0.2, 0.25) is 5.28 Å². The van der Waals surface area contributed by atoms with Gasteiger partial charge >= 0.3 is 6.18 Å². The number of hydrogen-bond acceptors (Lipinski definition) is 3. The van der Waals surface area contributed by atoms with Crippen molar-refractivity contribution in [3.8, 4) is 0 Å².